The molecule has 0 aliphatic heterocycles. The smallest absolute Gasteiger partial charge is 0.315 e. The Morgan fingerprint density at radius 2 is 2.18 bits per heavy atom. The van der Waals surface area contributed by atoms with Gasteiger partial charge in [0.15, 0.2) is 0 Å². The fourth-order valence-electron chi connectivity index (χ4n) is 2.57. The summed E-state index contributed by atoms with van der Waals surface area (Å²) in [6, 6.07) is 6.31. The molecule has 1 aliphatic rings. The molecule has 3 N–H and O–H groups in total. The number of carbonyl (C=O) groups is 1. The second-order valence-electron chi connectivity index (χ2n) is 6.46. The van der Waals surface area contributed by atoms with Crippen LogP contribution in [0.25, 0.3) is 0 Å². The molecule has 5 heteroatoms. The molecule has 1 aliphatic carbocycles. The zero-order valence-corrected chi connectivity index (χ0v) is 13.4. The van der Waals surface area contributed by atoms with Crippen molar-refractivity contribution < 1.29 is 14.3 Å². The summed E-state index contributed by atoms with van der Waals surface area (Å²) in [6.07, 6.45) is 1.59. The van der Waals surface area contributed by atoms with Gasteiger partial charge in [0.25, 0.3) is 0 Å². The van der Waals surface area contributed by atoms with Crippen LogP contribution in [0, 0.1) is 11.7 Å². The lowest BCUT2D eigenvalue weighted by molar-refractivity contribution is 0.00789. The average molecular weight is 308 g/mol. The molecule has 4 nitrogen and oxygen atoms in total. The number of nitrogens with one attached hydrogen (secondary N) is 2. The van der Waals surface area contributed by atoms with E-state index >= 15 is 0 Å². The van der Waals surface area contributed by atoms with E-state index in [1.54, 1.807) is 25.1 Å². The summed E-state index contributed by atoms with van der Waals surface area (Å²) >= 11 is 0. The molecule has 0 bridgehead atoms. The van der Waals surface area contributed by atoms with E-state index in [2.05, 4.69) is 10.6 Å². The van der Waals surface area contributed by atoms with Gasteiger partial charge >= 0.3 is 6.03 Å². The quantitative estimate of drug-likeness (QED) is 0.757. The molecule has 0 saturated heterocycles. The fourth-order valence-corrected chi connectivity index (χ4v) is 2.57. The fraction of sp³-hybridized carbons (Fsp3) is 0.588. The molecule has 0 spiro atoms. The van der Waals surface area contributed by atoms with Gasteiger partial charge in [0.2, 0.25) is 0 Å². The Kier molecular flexibility index (Phi) is 5.06. The first-order valence-electron chi connectivity index (χ1n) is 7.86. The van der Waals surface area contributed by atoms with Crippen molar-refractivity contribution in [3.63, 3.8) is 0 Å². The molecule has 4 unspecified atom stereocenters. The normalized spacial score (nSPS) is 24.2. The topological polar surface area (TPSA) is 61.4 Å². The lowest BCUT2D eigenvalue weighted by atomic mass is 9.89. The first-order chi connectivity index (χ1) is 10.3. The Balaban J connectivity index is 1.79. The van der Waals surface area contributed by atoms with Crippen molar-refractivity contribution in [3.8, 4) is 0 Å². The van der Waals surface area contributed by atoms with Crippen molar-refractivity contribution in [1.29, 1.82) is 0 Å². The highest BCUT2D eigenvalue weighted by Gasteiger charge is 2.41. The number of carbonyl (C=O) groups excluding carboxylic acids is 1. The van der Waals surface area contributed by atoms with Gasteiger partial charge in [0, 0.05) is 18.5 Å². The van der Waals surface area contributed by atoms with Gasteiger partial charge in [-0.25, -0.2) is 9.18 Å². The number of amides is 2. The second kappa shape index (κ2) is 6.65. The zero-order valence-electron chi connectivity index (χ0n) is 13.4. The van der Waals surface area contributed by atoms with Gasteiger partial charge in [0.05, 0.1) is 5.60 Å². The third-order valence-electron chi connectivity index (χ3n) is 4.69. The summed E-state index contributed by atoms with van der Waals surface area (Å²) in [5.41, 5.74) is -0.278. The van der Waals surface area contributed by atoms with E-state index in [0.29, 0.717) is 5.56 Å². The van der Waals surface area contributed by atoms with Crippen molar-refractivity contribution in [3.05, 3.63) is 35.6 Å². The number of aliphatic hydroxyl groups is 1. The number of benzene rings is 1. The molecule has 0 radical (unpaired) electrons. The van der Waals surface area contributed by atoms with E-state index in [9.17, 15) is 14.3 Å². The minimum atomic E-state index is -0.930. The van der Waals surface area contributed by atoms with Crippen molar-refractivity contribution in [2.75, 3.05) is 6.54 Å². The van der Waals surface area contributed by atoms with Crippen LogP contribution in [0.5, 0.6) is 0 Å². The molecule has 0 aromatic heterocycles. The lowest BCUT2D eigenvalue weighted by Crippen LogP contribution is -2.48. The maximum atomic E-state index is 13.7. The molecule has 122 valence electrons. The van der Waals surface area contributed by atoms with Crippen molar-refractivity contribution >= 4 is 6.03 Å². The van der Waals surface area contributed by atoms with E-state index < -0.39 is 5.60 Å². The third kappa shape index (κ3) is 3.97. The maximum absolute atomic E-state index is 13.7. The van der Waals surface area contributed by atoms with Gasteiger partial charge in [-0.2, -0.15) is 0 Å². The van der Waals surface area contributed by atoms with Gasteiger partial charge < -0.3 is 15.7 Å². The largest absolute Gasteiger partial charge is 0.388 e. The van der Waals surface area contributed by atoms with Gasteiger partial charge in [-0.3, -0.25) is 0 Å². The van der Waals surface area contributed by atoms with Crippen LogP contribution in [0.2, 0.25) is 0 Å². The number of hydrogen-bond acceptors (Lipinski definition) is 2. The number of urea groups is 1. The van der Waals surface area contributed by atoms with Crippen molar-refractivity contribution in [2.45, 2.75) is 51.2 Å². The predicted octanol–water partition coefficient (Wildman–Crippen LogP) is 2.78. The highest BCUT2D eigenvalue weighted by Crippen LogP contribution is 2.41. The molecule has 1 fully saturated rings. The molecular weight excluding hydrogens is 283 g/mol. The van der Waals surface area contributed by atoms with E-state index in [-0.39, 0.29) is 36.3 Å². The van der Waals surface area contributed by atoms with Crippen LogP contribution in [-0.4, -0.2) is 29.3 Å². The zero-order chi connectivity index (χ0) is 16.3. The van der Waals surface area contributed by atoms with Gasteiger partial charge in [-0.15, -0.1) is 0 Å². The molecule has 22 heavy (non-hydrogen) atoms. The van der Waals surface area contributed by atoms with Crippen LogP contribution >= 0.6 is 0 Å². The number of rotatable bonds is 6. The molecule has 4 atom stereocenters. The summed E-state index contributed by atoms with van der Waals surface area (Å²) in [5, 5.41) is 15.8. The van der Waals surface area contributed by atoms with Crippen LogP contribution in [0.15, 0.2) is 24.3 Å². The van der Waals surface area contributed by atoms with Crippen molar-refractivity contribution in [1.82, 2.24) is 10.6 Å². The van der Waals surface area contributed by atoms with Crippen LogP contribution in [0.1, 0.15) is 45.1 Å². The molecule has 1 aromatic rings. The summed E-state index contributed by atoms with van der Waals surface area (Å²) in [7, 11) is 0. The maximum Gasteiger partial charge on any atom is 0.315 e. The first-order valence-corrected chi connectivity index (χ1v) is 7.86. The van der Waals surface area contributed by atoms with Crippen LogP contribution in [0.4, 0.5) is 9.18 Å². The molecule has 2 rings (SSSR count). The average Bonchev–Trinajstić information content (AvgIpc) is 3.23. The molecular formula is C17H25FN2O2. The van der Waals surface area contributed by atoms with Gasteiger partial charge in [0.1, 0.15) is 5.82 Å². The minimum Gasteiger partial charge on any atom is -0.388 e. The van der Waals surface area contributed by atoms with Gasteiger partial charge in [-0.1, -0.05) is 38.5 Å². The van der Waals surface area contributed by atoms with E-state index in [1.807, 2.05) is 13.8 Å². The summed E-state index contributed by atoms with van der Waals surface area (Å²) in [5.74, 6) is -0.0844. The minimum absolute atomic E-state index is 0.0366. The molecule has 1 aromatic carbocycles. The third-order valence-corrected chi connectivity index (χ3v) is 4.69. The van der Waals surface area contributed by atoms with Gasteiger partial charge in [-0.05, 0) is 30.9 Å². The SMILES string of the molecule is CCC(C)C(C)(O)CNC(=O)NC1CC1c1ccccc1F. The summed E-state index contributed by atoms with van der Waals surface area (Å²) in [6.45, 7) is 5.88. The first kappa shape index (κ1) is 16.7. The van der Waals surface area contributed by atoms with Crippen LogP contribution in [-0.2, 0) is 0 Å². The highest BCUT2D eigenvalue weighted by atomic mass is 19.1. The van der Waals surface area contributed by atoms with Crippen LogP contribution < -0.4 is 10.6 Å². The Morgan fingerprint density at radius 1 is 1.50 bits per heavy atom. The number of halogens is 1. The second-order valence-corrected chi connectivity index (χ2v) is 6.46. The van der Waals surface area contributed by atoms with E-state index in [1.165, 1.54) is 6.07 Å². The van der Waals surface area contributed by atoms with Crippen LogP contribution in [0.3, 0.4) is 0 Å². The Bertz CT molecular complexity index is 533. The highest BCUT2D eigenvalue weighted by molar-refractivity contribution is 5.75. The number of hydrogen-bond donors (Lipinski definition) is 3. The monoisotopic (exact) mass is 308 g/mol. The van der Waals surface area contributed by atoms with E-state index in [0.717, 1.165) is 12.8 Å². The Hall–Kier alpha value is -1.62. The molecule has 1 saturated carbocycles. The lowest BCUT2D eigenvalue weighted by Gasteiger charge is -2.29. The summed E-state index contributed by atoms with van der Waals surface area (Å²) in [4.78, 5) is 11.9. The van der Waals surface area contributed by atoms with E-state index in [4.69, 9.17) is 0 Å². The Morgan fingerprint density at radius 3 is 2.82 bits per heavy atom. The van der Waals surface area contributed by atoms with Crippen molar-refractivity contribution in [2.24, 2.45) is 5.92 Å². The predicted molar refractivity (Wildman–Crippen MR) is 84.2 cm³/mol. The Labute approximate surface area is 131 Å². The standard InChI is InChI=1S/C17H25FN2O2/c1-4-11(2)17(3,22)10-19-16(21)20-15-9-13(15)12-7-5-6-8-14(12)18/h5-8,11,13,15,22H,4,9-10H2,1-3H3,(H2,19,20,21). The summed E-state index contributed by atoms with van der Waals surface area (Å²) < 4.78 is 13.7. The molecule has 2 amide bonds. The molecule has 0 heterocycles.